The van der Waals surface area contributed by atoms with Gasteiger partial charge in [0.2, 0.25) is 0 Å². The molecule has 0 aromatic heterocycles. The number of carbonyl (C=O) groups excluding carboxylic acids is 1. The van der Waals surface area contributed by atoms with Gasteiger partial charge in [-0.05, 0) is 42.7 Å². The minimum absolute atomic E-state index is 0.0894. The Balaban J connectivity index is 1.34. The zero-order valence-electron chi connectivity index (χ0n) is 18.3. The van der Waals surface area contributed by atoms with Gasteiger partial charge in [-0.2, -0.15) is 0 Å². The van der Waals surface area contributed by atoms with Gasteiger partial charge in [0.15, 0.2) is 6.61 Å². The molecule has 0 atom stereocenters. The van der Waals surface area contributed by atoms with Crippen LogP contribution >= 0.6 is 11.6 Å². The SMILES string of the molecule is O=C(COc1ccc(S(=O)(=O)N2CCCc3ccccc32)cc1Cl)NCCN1CCOCC1. The number of ether oxygens (including phenoxy) is 2. The molecular weight excluding hydrogens is 466 g/mol. The zero-order chi connectivity index (χ0) is 23.3. The molecule has 1 fully saturated rings. The van der Waals surface area contributed by atoms with Crippen LogP contribution in [0, 0.1) is 0 Å². The molecule has 2 heterocycles. The maximum absolute atomic E-state index is 13.3. The Bertz CT molecular complexity index is 1090. The quantitative estimate of drug-likeness (QED) is 0.607. The van der Waals surface area contributed by atoms with E-state index in [1.54, 1.807) is 0 Å². The van der Waals surface area contributed by atoms with Crippen LogP contribution in [0.2, 0.25) is 5.02 Å². The van der Waals surface area contributed by atoms with Gasteiger partial charge in [0, 0.05) is 32.7 Å². The smallest absolute Gasteiger partial charge is 0.264 e. The molecule has 1 N–H and O–H groups in total. The molecule has 2 aliphatic rings. The highest BCUT2D eigenvalue weighted by Gasteiger charge is 2.29. The Morgan fingerprint density at radius 1 is 1.12 bits per heavy atom. The van der Waals surface area contributed by atoms with E-state index < -0.39 is 10.0 Å². The molecule has 178 valence electrons. The largest absolute Gasteiger partial charge is 0.482 e. The van der Waals surface area contributed by atoms with Crippen molar-refractivity contribution < 1.29 is 22.7 Å². The number of sulfonamides is 1. The van der Waals surface area contributed by atoms with Gasteiger partial charge in [-0.25, -0.2) is 8.42 Å². The lowest BCUT2D eigenvalue weighted by atomic mass is 10.0. The first-order chi connectivity index (χ1) is 15.9. The topological polar surface area (TPSA) is 88.2 Å². The van der Waals surface area contributed by atoms with E-state index in [4.69, 9.17) is 21.1 Å². The second-order valence-electron chi connectivity index (χ2n) is 7.99. The molecular formula is C23H28ClN3O5S. The average Bonchev–Trinajstić information content (AvgIpc) is 2.83. The Hall–Kier alpha value is -2.33. The average molecular weight is 494 g/mol. The lowest BCUT2D eigenvalue weighted by molar-refractivity contribution is -0.123. The van der Waals surface area contributed by atoms with E-state index in [9.17, 15) is 13.2 Å². The third-order valence-electron chi connectivity index (χ3n) is 5.77. The minimum Gasteiger partial charge on any atom is -0.482 e. The lowest BCUT2D eigenvalue weighted by Crippen LogP contribution is -2.42. The van der Waals surface area contributed by atoms with Crippen LogP contribution in [0.3, 0.4) is 0 Å². The maximum Gasteiger partial charge on any atom is 0.264 e. The normalized spacial score (nSPS) is 16.8. The van der Waals surface area contributed by atoms with Crippen LogP contribution in [0.15, 0.2) is 47.4 Å². The summed E-state index contributed by atoms with van der Waals surface area (Å²) in [6.07, 6.45) is 1.61. The van der Waals surface area contributed by atoms with Crippen LogP contribution in [-0.4, -0.2) is 71.8 Å². The Labute approximate surface area is 199 Å². The number of anilines is 1. The van der Waals surface area contributed by atoms with Crippen molar-refractivity contribution in [1.82, 2.24) is 10.2 Å². The number of nitrogens with zero attached hydrogens (tertiary/aromatic N) is 2. The van der Waals surface area contributed by atoms with Crippen molar-refractivity contribution >= 4 is 33.2 Å². The molecule has 0 radical (unpaired) electrons. The van der Waals surface area contributed by atoms with Crippen LogP contribution in [-0.2, 0) is 26.0 Å². The molecule has 8 nitrogen and oxygen atoms in total. The number of aryl methyl sites for hydroxylation is 1. The van der Waals surface area contributed by atoms with Crippen molar-refractivity contribution in [3.8, 4) is 5.75 Å². The second kappa shape index (κ2) is 10.7. The number of para-hydroxylation sites is 1. The number of amides is 1. The molecule has 2 aromatic carbocycles. The number of hydrogen-bond donors (Lipinski definition) is 1. The highest BCUT2D eigenvalue weighted by atomic mass is 35.5. The predicted molar refractivity (Wildman–Crippen MR) is 127 cm³/mol. The van der Waals surface area contributed by atoms with E-state index >= 15 is 0 Å². The number of halogens is 1. The highest BCUT2D eigenvalue weighted by molar-refractivity contribution is 7.92. The molecule has 0 spiro atoms. The fraction of sp³-hybridized carbons (Fsp3) is 0.435. The molecule has 0 unspecified atom stereocenters. The second-order valence-corrected chi connectivity index (χ2v) is 10.3. The first-order valence-electron chi connectivity index (χ1n) is 11.0. The van der Waals surface area contributed by atoms with E-state index in [0.717, 1.165) is 38.0 Å². The van der Waals surface area contributed by atoms with Gasteiger partial charge in [-0.15, -0.1) is 0 Å². The maximum atomic E-state index is 13.3. The first kappa shape index (κ1) is 23.8. The van der Waals surface area contributed by atoms with Crippen molar-refractivity contribution in [2.75, 3.05) is 56.8 Å². The highest BCUT2D eigenvalue weighted by Crippen LogP contribution is 2.34. The number of nitrogens with one attached hydrogen (secondary N) is 1. The summed E-state index contributed by atoms with van der Waals surface area (Å²) in [4.78, 5) is 14.4. The van der Waals surface area contributed by atoms with Crippen molar-refractivity contribution in [1.29, 1.82) is 0 Å². The molecule has 10 heteroatoms. The zero-order valence-corrected chi connectivity index (χ0v) is 19.9. The van der Waals surface area contributed by atoms with Gasteiger partial charge in [0.05, 0.1) is 28.8 Å². The van der Waals surface area contributed by atoms with Gasteiger partial charge in [0.25, 0.3) is 15.9 Å². The van der Waals surface area contributed by atoms with Crippen LogP contribution in [0.1, 0.15) is 12.0 Å². The van der Waals surface area contributed by atoms with Crippen LogP contribution in [0.5, 0.6) is 5.75 Å². The van der Waals surface area contributed by atoms with Crippen molar-refractivity contribution in [3.05, 3.63) is 53.1 Å². The van der Waals surface area contributed by atoms with Gasteiger partial charge in [-0.1, -0.05) is 29.8 Å². The summed E-state index contributed by atoms with van der Waals surface area (Å²) in [6.45, 7) is 4.64. The van der Waals surface area contributed by atoms with Crippen LogP contribution in [0.4, 0.5) is 5.69 Å². The Kier molecular flexibility index (Phi) is 7.75. The summed E-state index contributed by atoms with van der Waals surface area (Å²) in [5.74, 6) is -0.000983. The van der Waals surface area contributed by atoms with Gasteiger partial charge in [0.1, 0.15) is 5.75 Å². The van der Waals surface area contributed by atoms with E-state index in [0.29, 0.717) is 32.0 Å². The fourth-order valence-electron chi connectivity index (χ4n) is 4.01. The summed E-state index contributed by atoms with van der Waals surface area (Å²) in [6, 6.07) is 11.9. The fourth-order valence-corrected chi connectivity index (χ4v) is 5.88. The van der Waals surface area contributed by atoms with Crippen molar-refractivity contribution in [2.45, 2.75) is 17.7 Å². The van der Waals surface area contributed by atoms with Crippen molar-refractivity contribution in [3.63, 3.8) is 0 Å². The number of rotatable bonds is 8. The van der Waals surface area contributed by atoms with Crippen LogP contribution < -0.4 is 14.4 Å². The molecule has 1 amide bonds. The van der Waals surface area contributed by atoms with E-state index in [1.807, 2.05) is 24.3 Å². The third-order valence-corrected chi connectivity index (χ3v) is 7.88. The van der Waals surface area contributed by atoms with E-state index in [-0.39, 0.29) is 28.2 Å². The molecule has 2 aromatic rings. The lowest BCUT2D eigenvalue weighted by Gasteiger charge is -2.30. The molecule has 0 bridgehead atoms. The van der Waals surface area contributed by atoms with Crippen molar-refractivity contribution in [2.24, 2.45) is 0 Å². The number of benzene rings is 2. The van der Waals surface area contributed by atoms with Crippen LogP contribution in [0.25, 0.3) is 0 Å². The van der Waals surface area contributed by atoms with Gasteiger partial charge in [-0.3, -0.25) is 14.0 Å². The summed E-state index contributed by atoms with van der Waals surface area (Å²) in [5.41, 5.74) is 1.71. The predicted octanol–water partition coefficient (Wildman–Crippen LogP) is 2.31. The van der Waals surface area contributed by atoms with Gasteiger partial charge < -0.3 is 14.8 Å². The molecule has 4 rings (SSSR count). The first-order valence-corrected chi connectivity index (χ1v) is 12.9. The molecule has 1 saturated heterocycles. The number of carbonyl (C=O) groups is 1. The Morgan fingerprint density at radius 2 is 1.91 bits per heavy atom. The standard InChI is InChI=1S/C23H28ClN3O5S/c24-20-16-19(33(29,30)27-10-3-5-18-4-1-2-6-21(18)27)7-8-22(20)32-17-23(28)25-9-11-26-12-14-31-15-13-26/h1-2,4,6-8,16H,3,5,9-15,17H2,(H,25,28). The monoisotopic (exact) mass is 493 g/mol. The van der Waals surface area contributed by atoms with E-state index in [2.05, 4.69) is 10.2 Å². The molecule has 0 saturated carbocycles. The van der Waals surface area contributed by atoms with E-state index in [1.165, 1.54) is 22.5 Å². The minimum atomic E-state index is -3.77. The summed E-state index contributed by atoms with van der Waals surface area (Å²) in [7, 11) is -3.77. The number of hydrogen-bond acceptors (Lipinski definition) is 6. The summed E-state index contributed by atoms with van der Waals surface area (Å²) >= 11 is 6.31. The molecule has 33 heavy (non-hydrogen) atoms. The summed E-state index contributed by atoms with van der Waals surface area (Å²) in [5, 5.41) is 2.96. The molecule has 0 aliphatic carbocycles. The van der Waals surface area contributed by atoms with Gasteiger partial charge >= 0.3 is 0 Å². The summed E-state index contributed by atoms with van der Waals surface area (Å²) < 4.78 is 38.8. The number of morpholine rings is 1. The third kappa shape index (κ3) is 5.78. The molecule has 2 aliphatic heterocycles. The Morgan fingerprint density at radius 3 is 2.70 bits per heavy atom. The number of fused-ring (bicyclic) bond motifs is 1.